The summed E-state index contributed by atoms with van der Waals surface area (Å²) in [5, 5.41) is 0. The van der Waals surface area contributed by atoms with Crippen molar-refractivity contribution in [1.82, 2.24) is 4.57 Å². The van der Waals surface area contributed by atoms with Crippen LogP contribution in [0.5, 0.6) is 0 Å². The van der Waals surface area contributed by atoms with Crippen LogP contribution >= 0.6 is 0 Å². The molecule has 1 aromatic heterocycles. The van der Waals surface area contributed by atoms with E-state index in [9.17, 15) is 0 Å². The number of imidazole rings is 1. The number of benzene rings is 2. The first kappa shape index (κ1) is 32.2. The van der Waals surface area contributed by atoms with E-state index < -0.39 is 0 Å². The highest BCUT2D eigenvalue weighted by molar-refractivity contribution is 5.22. The molecule has 3 aromatic rings. The van der Waals surface area contributed by atoms with E-state index in [2.05, 4.69) is 96.8 Å². The van der Waals surface area contributed by atoms with E-state index in [1.807, 2.05) is 0 Å². The Bertz CT molecular complexity index is 1020. The van der Waals surface area contributed by atoms with Crippen molar-refractivity contribution in [3.05, 3.63) is 89.5 Å². The quantitative estimate of drug-likeness (QED) is 0.0880. The third kappa shape index (κ3) is 11.6. The van der Waals surface area contributed by atoms with Crippen LogP contribution in [0, 0.1) is 0 Å². The largest absolute Gasteiger partial charge is 0.261 e. The highest BCUT2D eigenvalue weighted by Crippen LogP contribution is 2.22. The summed E-state index contributed by atoms with van der Waals surface area (Å²) >= 11 is 0. The maximum Gasteiger partial charge on any atom is 0.261 e. The standard InChI is InChI=1S/C38H59N2/c1-4-6-8-10-11-12-13-14-15-16-23-29-39-33-37(31-34(3)36-27-21-18-22-28-36)40(30-24-9-7-5-2)38(39)32-35-25-19-17-20-26-35/h17-22,25-28,33-34H,4-16,23-24,29-32H2,1-3H3/q+1. The maximum absolute atomic E-state index is 2.71. The molecule has 1 heterocycles. The molecule has 3 rings (SSSR count). The fourth-order valence-corrected chi connectivity index (χ4v) is 6.11. The van der Waals surface area contributed by atoms with Gasteiger partial charge < -0.3 is 0 Å². The molecule has 0 bridgehead atoms. The molecule has 0 N–H and O–H groups in total. The molecule has 220 valence electrons. The van der Waals surface area contributed by atoms with Gasteiger partial charge in [-0.15, -0.1) is 0 Å². The van der Waals surface area contributed by atoms with Gasteiger partial charge in [0, 0.05) is 6.42 Å². The Balaban J connectivity index is 1.67. The van der Waals surface area contributed by atoms with E-state index in [0.717, 1.165) is 25.9 Å². The molecule has 0 radical (unpaired) electrons. The lowest BCUT2D eigenvalue weighted by Crippen LogP contribution is -2.37. The first-order chi connectivity index (χ1) is 19.7. The molecule has 0 saturated carbocycles. The number of rotatable bonds is 22. The predicted molar refractivity (Wildman–Crippen MR) is 173 cm³/mol. The van der Waals surface area contributed by atoms with Crippen LogP contribution in [0.1, 0.15) is 146 Å². The molecule has 0 saturated heterocycles. The molecule has 0 spiro atoms. The van der Waals surface area contributed by atoms with Gasteiger partial charge in [-0.05, 0) is 42.7 Å². The average Bonchev–Trinajstić information content (AvgIpc) is 3.30. The summed E-state index contributed by atoms with van der Waals surface area (Å²) < 4.78 is 5.34. The van der Waals surface area contributed by atoms with E-state index in [1.54, 1.807) is 0 Å². The lowest BCUT2D eigenvalue weighted by atomic mass is 9.96. The second kappa shape index (κ2) is 19.7. The normalized spacial score (nSPS) is 12.2. The van der Waals surface area contributed by atoms with E-state index >= 15 is 0 Å². The van der Waals surface area contributed by atoms with Crippen molar-refractivity contribution in [3.8, 4) is 0 Å². The fraction of sp³-hybridized carbons (Fsp3) is 0.605. The van der Waals surface area contributed by atoms with Gasteiger partial charge in [-0.3, -0.25) is 0 Å². The van der Waals surface area contributed by atoms with Crippen molar-refractivity contribution in [3.63, 3.8) is 0 Å². The van der Waals surface area contributed by atoms with Gasteiger partial charge in [-0.2, -0.15) is 0 Å². The van der Waals surface area contributed by atoms with Crippen LogP contribution in [0.25, 0.3) is 0 Å². The number of unbranched alkanes of at least 4 members (excludes halogenated alkanes) is 13. The minimum absolute atomic E-state index is 0.519. The van der Waals surface area contributed by atoms with Crippen LogP contribution in [0.2, 0.25) is 0 Å². The second-order valence-electron chi connectivity index (χ2n) is 12.2. The van der Waals surface area contributed by atoms with Crippen LogP contribution in [0.15, 0.2) is 66.9 Å². The Morgan fingerprint density at radius 3 is 1.75 bits per heavy atom. The summed E-state index contributed by atoms with van der Waals surface area (Å²) in [7, 11) is 0. The van der Waals surface area contributed by atoms with Crippen molar-refractivity contribution < 1.29 is 4.57 Å². The van der Waals surface area contributed by atoms with Crippen molar-refractivity contribution in [2.75, 3.05) is 0 Å². The summed E-state index contributed by atoms with van der Waals surface area (Å²) in [6, 6.07) is 22.2. The first-order valence-electron chi connectivity index (χ1n) is 16.9. The first-order valence-corrected chi connectivity index (χ1v) is 16.9. The Labute approximate surface area is 247 Å². The van der Waals surface area contributed by atoms with Crippen molar-refractivity contribution >= 4 is 0 Å². The smallest absolute Gasteiger partial charge is 0.234 e. The minimum Gasteiger partial charge on any atom is -0.234 e. The van der Waals surface area contributed by atoms with Gasteiger partial charge >= 0.3 is 0 Å². The van der Waals surface area contributed by atoms with Crippen LogP contribution in [0.3, 0.4) is 0 Å². The highest BCUT2D eigenvalue weighted by atomic mass is 15.2. The van der Waals surface area contributed by atoms with Crippen LogP contribution in [-0.4, -0.2) is 4.57 Å². The number of hydrogen-bond donors (Lipinski definition) is 0. The zero-order chi connectivity index (χ0) is 28.3. The highest BCUT2D eigenvalue weighted by Gasteiger charge is 2.25. The molecule has 0 amide bonds. The topological polar surface area (TPSA) is 8.81 Å². The number of aryl methyl sites for hydroxylation is 1. The van der Waals surface area contributed by atoms with Crippen molar-refractivity contribution in [2.45, 2.75) is 149 Å². The monoisotopic (exact) mass is 543 g/mol. The molecule has 1 unspecified atom stereocenters. The molecule has 0 aliphatic rings. The molecule has 1 atom stereocenters. The zero-order valence-corrected chi connectivity index (χ0v) is 26.3. The summed E-state index contributed by atoms with van der Waals surface area (Å²) in [5.74, 6) is 2.02. The van der Waals surface area contributed by atoms with Gasteiger partial charge in [0.1, 0.15) is 11.9 Å². The van der Waals surface area contributed by atoms with E-state index in [1.165, 1.54) is 119 Å². The number of nitrogens with zero attached hydrogens (tertiary/aromatic N) is 2. The molecular weight excluding hydrogens is 484 g/mol. The lowest BCUT2D eigenvalue weighted by molar-refractivity contribution is -0.704. The fourth-order valence-electron chi connectivity index (χ4n) is 6.11. The van der Waals surface area contributed by atoms with Gasteiger partial charge in [0.05, 0.1) is 19.5 Å². The Kier molecular flexibility index (Phi) is 15.8. The molecule has 2 heteroatoms. The predicted octanol–water partition coefficient (Wildman–Crippen LogP) is 10.6. The molecule has 2 aromatic carbocycles. The molecule has 0 fully saturated rings. The average molecular weight is 544 g/mol. The maximum atomic E-state index is 2.71. The summed E-state index contributed by atoms with van der Waals surface area (Å²) in [4.78, 5) is 0. The minimum atomic E-state index is 0.519. The van der Waals surface area contributed by atoms with Gasteiger partial charge in [-0.25, -0.2) is 9.13 Å². The second-order valence-corrected chi connectivity index (χ2v) is 12.2. The molecule has 0 aliphatic heterocycles. The van der Waals surface area contributed by atoms with Crippen LogP contribution in [-0.2, 0) is 25.9 Å². The van der Waals surface area contributed by atoms with Gasteiger partial charge in [0.2, 0.25) is 0 Å². The van der Waals surface area contributed by atoms with Crippen molar-refractivity contribution in [2.24, 2.45) is 0 Å². The van der Waals surface area contributed by atoms with Gasteiger partial charge in [0.25, 0.3) is 5.82 Å². The molecule has 40 heavy (non-hydrogen) atoms. The summed E-state index contributed by atoms with van der Waals surface area (Å²) in [6.45, 7) is 9.30. The third-order valence-electron chi connectivity index (χ3n) is 8.62. The Morgan fingerprint density at radius 1 is 0.625 bits per heavy atom. The van der Waals surface area contributed by atoms with Gasteiger partial charge in [0.15, 0.2) is 0 Å². The zero-order valence-electron chi connectivity index (χ0n) is 26.3. The molecule has 0 aliphatic carbocycles. The number of hydrogen-bond acceptors (Lipinski definition) is 0. The third-order valence-corrected chi connectivity index (χ3v) is 8.62. The van der Waals surface area contributed by atoms with E-state index in [-0.39, 0.29) is 0 Å². The van der Waals surface area contributed by atoms with Gasteiger partial charge in [-0.1, -0.05) is 152 Å². The van der Waals surface area contributed by atoms with Crippen molar-refractivity contribution in [1.29, 1.82) is 0 Å². The number of aromatic nitrogens is 2. The Hall–Kier alpha value is -2.35. The van der Waals surface area contributed by atoms with Crippen LogP contribution in [0.4, 0.5) is 0 Å². The molecule has 2 nitrogen and oxygen atoms in total. The summed E-state index contributed by atoms with van der Waals surface area (Å²) in [5.41, 5.74) is 4.38. The lowest BCUT2D eigenvalue weighted by Gasteiger charge is -2.12. The molecular formula is C38H59N2+. The summed E-state index contributed by atoms with van der Waals surface area (Å²) in [6.07, 6.45) is 25.2. The van der Waals surface area contributed by atoms with E-state index in [4.69, 9.17) is 0 Å². The van der Waals surface area contributed by atoms with Crippen LogP contribution < -0.4 is 4.57 Å². The SMILES string of the molecule is CCCCCCCCCCCCC[n+]1cc(CC(C)c2ccccc2)n(CCCCCC)c1Cc1ccccc1. The van der Waals surface area contributed by atoms with E-state index in [0.29, 0.717) is 5.92 Å². The Morgan fingerprint density at radius 2 is 1.15 bits per heavy atom.